The molecule has 0 radical (unpaired) electrons. The van der Waals surface area contributed by atoms with E-state index in [9.17, 15) is 4.79 Å². The summed E-state index contributed by atoms with van der Waals surface area (Å²) in [6.07, 6.45) is 3.45. The lowest BCUT2D eigenvalue weighted by Gasteiger charge is -2.37. The molecule has 0 spiro atoms. The molecule has 100 valence electrons. The Labute approximate surface area is 107 Å². The molecule has 1 amide bonds. The van der Waals surface area contributed by atoms with E-state index < -0.39 is 0 Å². The molecule has 2 heterocycles. The predicted octanol–water partition coefficient (Wildman–Crippen LogP) is -0.382. The molecule has 1 saturated heterocycles. The van der Waals surface area contributed by atoms with Gasteiger partial charge in [-0.05, 0) is 14.0 Å². The highest BCUT2D eigenvalue weighted by Gasteiger charge is 2.27. The van der Waals surface area contributed by atoms with Gasteiger partial charge < -0.3 is 20.1 Å². The summed E-state index contributed by atoms with van der Waals surface area (Å²) in [4.78, 5) is 20.6. The topological polar surface area (TPSA) is 67.4 Å². The molecule has 18 heavy (non-hydrogen) atoms. The molecule has 1 fully saturated rings. The molecule has 1 aromatic heterocycles. The van der Waals surface area contributed by atoms with Gasteiger partial charge in [-0.2, -0.15) is 0 Å². The number of piperazine rings is 1. The molecule has 2 rings (SSSR count). The van der Waals surface area contributed by atoms with Gasteiger partial charge >= 0.3 is 0 Å². The Kier molecular flexibility index (Phi) is 3.98. The fraction of sp³-hybridized carbons (Fsp3) is 0.667. The van der Waals surface area contributed by atoms with Gasteiger partial charge in [-0.15, -0.1) is 0 Å². The van der Waals surface area contributed by atoms with Crippen LogP contribution in [0, 0.1) is 0 Å². The molecule has 1 unspecified atom stereocenters. The summed E-state index contributed by atoms with van der Waals surface area (Å²) in [7, 11) is 2.08. The summed E-state index contributed by atoms with van der Waals surface area (Å²) in [5.74, 6) is 0.0198. The molecule has 1 aliphatic rings. The molecule has 2 N–H and O–H groups in total. The van der Waals surface area contributed by atoms with Crippen LogP contribution in [-0.2, 0) is 6.54 Å². The molecule has 0 aromatic carbocycles. The van der Waals surface area contributed by atoms with Crippen LogP contribution in [0.25, 0.3) is 0 Å². The highest BCUT2D eigenvalue weighted by molar-refractivity contribution is 5.92. The van der Waals surface area contributed by atoms with Crippen molar-refractivity contribution in [2.45, 2.75) is 19.5 Å². The maximum Gasteiger partial charge on any atom is 0.274 e. The largest absolute Gasteiger partial charge is 0.335 e. The molecule has 6 nitrogen and oxygen atoms in total. The van der Waals surface area contributed by atoms with E-state index in [1.807, 2.05) is 9.47 Å². The number of nitrogens with two attached hydrogens (primary N) is 1. The number of aromatic nitrogens is 2. The maximum atomic E-state index is 12.3. The second-order valence-electron chi connectivity index (χ2n) is 4.90. The average Bonchev–Trinajstić information content (AvgIpc) is 2.77. The molecule has 1 aliphatic heterocycles. The number of nitrogens with zero attached hydrogens (tertiary/aromatic N) is 4. The lowest BCUT2D eigenvalue weighted by molar-refractivity contribution is 0.0528. The van der Waals surface area contributed by atoms with E-state index in [-0.39, 0.29) is 11.9 Å². The fourth-order valence-corrected chi connectivity index (χ4v) is 2.33. The molecule has 1 atom stereocenters. The van der Waals surface area contributed by atoms with E-state index in [1.54, 1.807) is 12.5 Å². The van der Waals surface area contributed by atoms with Crippen molar-refractivity contribution in [2.75, 3.05) is 33.2 Å². The van der Waals surface area contributed by atoms with Crippen molar-refractivity contribution in [1.29, 1.82) is 0 Å². The number of carbonyl (C=O) groups is 1. The standard InChI is InChI=1S/C12H21N5O/c1-10-7-15(2)5-6-17(10)12(18)11-8-16(4-3-13)9-14-11/h8-10H,3-7,13H2,1-2H3. The van der Waals surface area contributed by atoms with Crippen LogP contribution in [0.1, 0.15) is 17.4 Å². The molecule has 0 bridgehead atoms. The monoisotopic (exact) mass is 251 g/mol. The van der Waals surface area contributed by atoms with Gasteiger partial charge in [0.05, 0.1) is 6.33 Å². The third-order valence-corrected chi connectivity index (χ3v) is 3.33. The van der Waals surface area contributed by atoms with E-state index in [4.69, 9.17) is 5.73 Å². The summed E-state index contributed by atoms with van der Waals surface area (Å²) in [5, 5.41) is 0. The Morgan fingerprint density at radius 1 is 1.56 bits per heavy atom. The quantitative estimate of drug-likeness (QED) is 0.795. The van der Waals surface area contributed by atoms with Crippen LogP contribution in [0.5, 0.6) is 0 Å². The highest BCUT2D eigenvalue weighted by Crippen LogP contribution is 2.12. The third-order valence-electron chi connectivity index (χ3n) is 3.33. The first-order valence-electron chi connectivity index (χ1n) is 6.33. The zero-order valence-electron chi connectivity index (χ0n) is 11.0. The van der Waals surface area contributed by atoms with Crippen molar-refractivity contribution < 1.29 is 4.79 Å². The molecule has 6 heteroatoms. The number of amides is 1. The van der Waals surface area contributed by atoms with Crippen LogP contribution in [0.4, 0.5) is 0 Å². The fourth-order valence-electron chi connectivity index (χ4n) is 2.33. The number of carbonyl (C=O) groups excluding carboxylic acids is 1. The number of likely N-dealkylation sites (N-methyl/N-ethyl adjacent to an activating group) is 1. The van der Waals surface area contributed by atoms with Crippen LogP contribution >= 0.6 is 0 Å². The van der Waals surface area contributed by atoms with E-state index >= 15 is 0 Å². The predicted molar refractivity (Wildman–Crippen MR) is 69.3 cm³/mol. The summed E-state index contributed by atoms with van der Waals surface area (Å²) in [5.41, 5.74) is 5.99. The smallest absolute Gasteiger partial charge is 0.274 e. The maximum absolute atomic E-state index is 12.3. The van der Waals surface area contributed by atoms with Crippen molar-refractivity contribution in [3.63, 3.8) is 0 Å². The normalized spacial score (nSPS) is 21.3. The van der Waals surface area contributed by atoms with Crippen molar-refractivity contribution in [3.05, 3.63) is 18.2 Å². The van der Waals surface area contributed by atoms with Crippen molar-refractivity contribution in [1.82, 2.24) is 19.4 Å². The van der Waals surface area contributed by atoms with Gasteiger partial charge in [-0.3, -0.25) is 4.79 Å². The third kappa shape index (κ3) is 2.70. The van der Waals surface area contributed by atoms with Gasteiger partial charge in [-0.25, -0.2) is 4.98 Å². The summed E-state index contributed by atoms with van der Waals surface area (Å²) < 4.78 is 1.86. The Bertz CT molecular complexity index is 416. The highest BCUT2D eigenvalue weighted by atomic mass is 16.2. The lowest BCUT2D eigenvalue weighted by atomic mass is 10.2. The minimum absolute atomic E-state index is 0.0198. The van der Waals surface area contributed by atoms with E-state index in [1.165, 1.54) is 0 Å². The Morgan fingerprint density at radius 3 is 3.00 bits per heavy atom. The molecular weight excluding hydrogens is 230 g/mol. The van der Waals surface area contributed by atoms with Gasteiger partial charge in [-0.1, -0.05) is 0 Å². The molecule has 1 aromatic rings. The Balaban J connectivity index is 2.05. The van der Waals surface area contributed by atoms with Gasteiger partial charge in [0.2, 0.25) is 0 Å². The first-order chi connectivity index (χ1) is 8.61. The van der Waals surface area contributed by atoms with Crippen LogP contribution in [-0.4, -0.2) is 64.5 Å². The van der Waals surface area contributed by atoms with Crippen molar-refractivity contribution >= 4 is 5.91 Å². The van der Waals surface area contributed by atoms with Gasteiger partial charge in [0.15, 0.2) is 0 Å². The second-order valence-corrected chi connectivity index (χ2v) is 4.90. The van der Waals surface area contributed by atoms with E-state index in [0.717, 1.165) is 19.6 Å². The number of hydrogen-bond donors (Lipinski definition) is 1. The van der Waals surface area contributed by atoms with Crippen molar-refractivity contribution in [3.8, 4) is 0 Å². The first kappa shape index (κ1) is 13.0. The summed E-state index contributed by atoms with van der Waals surface area (Å²) >= 11 is 0. The molecule has 0 saturated carbocycles. The summed E-state index contributed by atoms with van der Waals surface area (Å²) in [6.45, 7) is 5.91. The Morgan fingerprint density at radius 2 is 2.33 bits per heavy atom. The van der Waals surface area contributed by atoms with Crippen LogP contribution in [0.3, 0.4) is 0 Å². The number of imidazole rings is 1. The zero-order chi connectivity index (χ0) is 13.1. The minimum Gasteiger partial charge on any atom is -0.335 e. The molecule has 0 aliphatic carbocycles. The van der Waals surface area contributed by atoms with Crippen LogP contribution in [0.15, 0.2) is 12.5 Å². The zero-order valence-corrected chi connectivity index (χ0v) is 11.0. The van der Waals surface area contributed by atoms with Gasteiger partial charge in [0, 0.05) is 45.0 Å². The average molecular weight is 251 g/mol. The van der Waals surface area contributed by atoms with Crippen molar-refractivity contribution in [2.24, 2.45) is 5.73 Å². The second kappa shape index (κ2) is 5.49. The summed E-state index contributed by atoms with van der Waals surface area (Å²) in [6, 6.07) is 0.232. The van der Waals surface area contributed by atoms with E-state index in [0.29, 0.717) is 18.8 Å². The van der Waals surface area contributed by atoms with Crippen LogP contribution < -0.4 is 5.73 Å². The lowest BCUT2D eigenvalue weighted by Crippen LogP contribution is -2.52. The SMILES string of the molecule is CC1CN(C)CCN1C(=O)c1cn(CCN)cn1. The molecular formula is C12H21N5O. The van der Waals surface area contributed by atoms with Gasteiger partial charge in [0.25, 0.3) is 5.91 Å². The van der Waals surface area contributed by atoms with Gasteiger partial charge in [0.1, 0.15) is 5.69 Å². The van der Waals surface area contributed by atoms with E-state index in [2.05, 4.69) is 23.9 Å². The van der Waals surface area contributed by atoms with Crippen LogP contribution in [0.2, 0.25) is 0 Å². The minimum atomic E-state index is 0.0198. The first-order valence-corrected chi connectivity index (χ1v) is 6.33. The number of hydrogen-bond acceptors (Lipinski definition) is 4. The Hall–Kier alpha value is -1.40. The number of rotatable bonds is 3.